The summed E-state index contributed by atoms with van der Waals surface area (Å²) in [6.45, 7) is 0. The quantitative estimate of drug-likeness (QED) is 0.730. The van der Waals surface area contributed by atoms with Crippen molar-refractivity contribution in [2.45, 2.75) is 11.0 Å². The molecule has 2 aromatic heterocycles. The second kappa shape index (κ2) is 4.70. The molecule has 0 aliphatic carbocycles. The fourth-order valence-corrected chi connectivity index (χ4v) is 2.37. The molecule has 0 aliphatic rings. The molecule has 0 aliphatic heterocycles. The number of nitrogens with two attached hydrogens (primary N) is 1. The molecule has 2 heterocycles. The van der Waals surface area contributed by atoms with Crippen molar-refractivity contribution in [2.75, 3.05) is 5.73 Å². The normalized spacial score (nSPS) is 10.9. The molecule has 0 bridgehead atoms. The molecule has 0 spiro atoms. The van der Waals surface area contributed by atoms with Crippen molar-refractivity contribution >= 4 is 28.5 Å². The zero-order valence-corrected chi connectivity index (χ0v) is 10.4. The van der Waals surface area contributed by atoms with Gasteiger partial charge in [-0.25, -0.2) is 4.98 Å². The number of thioether (sulfide) groups is 1. The molecule has 0 saturated carbocycles. The minimum Gasteiger partial charge on any atom is -0.431 e. The lowest BCUT2D eigenvalue weighted by Crippen LogP contribution is -1.90. The lowest BCUT2D eigenvalue weighted by molar-refractivity contribution is 0.489. The molecule has 0 unspecified atom stereocenters. The zero-order chi connectivity index (χ0) is 12.4. The molecule has 0 radical (unpaired) electrons. The van der Waals surface area contributed by atoms with Gasteiger partial charge in [0, 0.05) is 17.6 Å². The molecule has 4 nitrogen and oxygen atoms in total. The van der Waals surface area contributed by atoms with Gasteiger partial charge in [-0.15, -0.1) is 0 Å². The molecule has 0 amide bonds. The maximum absolute atomic E-state index is 5.70. The van der Waals surface area contributed by atoms with Gasteiger partial charge in [0.25, 0.3) is 5.22 Å². The smallest absolute Gasteiger partial charge is 0.257 e. The Labute approximate surface area is 108 Å². The van der Waals surface area contributed by atoms with Crippen LogP contribution in [-0.4, -0.2) is 9.97 Å². The number of nitrogen functional groups attached to an aromatic ring is 1. The first-order chi connectivity index (χ1) is 8.81. The molecular weight excluding hydrogens is 246 g/mol. The van der Waals surface area contributed by atoms with Gasteiger partial charge in [0.15, 0.2) is 5.58 Å². The van der Waals surface area contributed by atoms with E-state index in [1.807, 2.05) is 30.3 Å². The van der Waals surface area contributed by atoms with E-state index < -0.39 is 0 Å². The largest absolute Gasteiger partial charge is 0.431 e. The highest BCUT2D eigenvalue weighted by Gasteiger charge is 2.06. The Bertz CT molecular complexity index is 648. The number of fused-ring (bicyclic) bond motifs is 1. The van der Waals surface area contributed by atoms with E-state index in [2.05, 4.69) is 9.97 Å². The first-order valence-electron chi connectivity index (χ1n) is 5.50. The number of pyridine rings is 1. The summed E-state index contributed by atoms with van der Waals surface area (Å²) in [5, 5.41) is 0.653. The molecule has 0 atom stereocenters. The van der Waals surface area contributed by atoms with Crippen molar-refractivity contribution in [3.8, 4) is 0 Å². The number of para-hydroxylation sites is 2. The lowest BCUT2D eigenvalue weighted by Gasteiger charge is -1.98. The number of oxazole rings is 1. The molecule has 90 valence electrons. The molecule has 0 saturated heterocycles. The van der Waals surface area contributed by atoms with Gasteiger partial charge < -0.3 is 10.2 Å². The average Bonchev–Trinajstić information content (AvgIpc) is 2.79. The van der Waals surface area contributed by atoms with Crippen LogP contribution in [-0.2, 0) is 5.75 Å². The molecule has 1 aromatic carbocycles. The molecule has 5 heteroatoms. The second-order valence-corrected chi connectivity index (χ2v) is 4.74. The Morgan fingerprint density at radius 3 is 2.94 bits per heavy atom. The van der Waals surface area contributed by atoms with Crippen LogP contribution in [0, 0.1) is 0 Å². The van der Waals surface area contributed by atoms with Gasteiger partial charge >= 0.3 is 0 Å². The molecular formula is C13H11N3OS. The van der Waals surface area contributed by atoms with Gasteiger partial charge in [0.2, 0.25) is 0 Å². The Morgan fingerprint density at radius 1 is 1.22 bits per heavy atom. The van der Waals surface area contributed by atoms with Gasteiger partial charge in [0.1, 0.15) is 5.52 Å². The Hall–Kier alpha value is -2.01. The predicted molar refractivity (Wildman–Crippen MR) is 72.2 cm³/mol. The summed E-state index contributed by atoms with van der Waals surface area (Å²) in [5.41, 5.74) is 9.02. The highest BCUT2D eigenvalue weighted by molar-refractivity contribution is 7.98. The summed E-state index contributed by atoms with van der Waals surface area (Å²) < 4.78 is 5.61. The molecule has 3 rings (SSSR count). The number of benzene rings is 1. The van der Waals surface area contributed by atoms with Crippen LogP contribution in [0.25, 0.3) is 11.1 Å². The maximum atomic E-state index is 5.70. The first-order valence-corrected chi connectivity index (χ1v) is 6.48. The fourth-order valence-electron chi connectivity index (χ4n) is 1.62. The maximum Gasteiger partial charge on any atom is 0.257 e. The van der Waals surface area contributed by atoms with Gasteiger partial charge in [-0.1, -0.05) is 23.9 Å². The number of rotatable bonds is 3. The van der Waals surface area contributed by atoms with Gasteiger partial charge in [-0.05, 0) is 24.3 Å². The van der Waals surface area contributed by atoms with E-state index in [1.165, 1.54) is 11.8 Å². The Kier molecular flexibility index (Phi) is 2.90. The minimum atomic E-state index is 0.653. The summed E-state index contributed by atoms with van der Waals surface area (Å²) in [6.07, 6.45) is 1.71. The highest BCUT2D eigenvalue weighted by Crippen LogP contribution is 2.25. The number of hydrogen-bond donors (Lipinski definition) is 1. The van der Waals surface area contributed by atoms with Gasteiger partial charge in [0.05, 0.1) is 5.69 Å². The third-order valence-electron chi connectivity index (χ3n) is 2.46. The Balaban J connectivity index is 1.76. The van der Waals surface area contributed by atoms with E-state index in [9.17, 15) is 0 Å². The van der Waals surface area contributed by atoms with Crippen LogP contribution in [0.4, 0.5) is 5.69 Å². The third kappa shape index (κ3) is 2.31. The lowest BCUT2D eigenvalue weighted by atomic mass is 10.3. The van der Waals surface area contributed by atoms with Crippen LogP contribution >= 0.6 is 11.8 Å². The van der Waals surface area contributed by atoms with Crippen LogP contribution in [0.1, 0.15) is 5.69 Å². The summed E-state index contributed by atoms with van der Waals surface area (Å²) in [5.74, 6) is 0.692. The SMILES string of the molecule is Nc1ccnc(CSc2nc3ccccc3o2)c1. The van der Waals surface area contributed by atoms with Crippen molar-refractivity contribution < 1.29 is 4.42 Å². The minimum absolute atomic E-state index is 0.653. The number of nitrogens with zero attached hydrogens (tertiary/aromatic N) is 2. The zero-order valence-electron chi connectivity index (χ0n) is 9.54. The van der Waals surface area contributed by atoms with E-state index in [4.69, 9.17) is 10.2 Å². The van der Waals surface area contributed by atoms with Crippen LogP contribution in [0.3, 0.4) is 0 Å². The van der Waals surface area contributed by atoms with Crippen LogP contribution < -0.4 is 5.73 Å². The highest BCUT2D eigenvalue weighted by atomic mass is 32.2. The monoisotopic (exact) mass is 257 g/mol. The predicted octanol–water partition coefficient (Wildman–Crippen LogP) is 3.10. The van der Waals surface area contributed by atoms with Crippen LogP contribution in [0.5, 0.6) is 0 Å². The summed E-state index contributed by atoms with van der Waals surface area (Å²) >= 11 is 1.51. The first kappa shape index (κ1) is 11.1. The fraction of sp³-hybridized carbons (Fsp3) is 0.0769. The van der Waals surface area contributed by atoms with E-state index in [-0.39, 0.29) is 0 Å². The summed E-state index contributed by atoms with van der Waals surface area (Å²) in [4.78, 5) is 8.63. The van der Waals surface area contributed by atoms with Crippen molar-refractivity contribution in [3.05, 3.63) is 48.3 Å². The van der Waals surface area contributed by atoms with Crippen molar-refractivity contribution in [1.82, 2.24) is 9.97 Å². The molecule has 3 aromatic rings. The topological polar surface area (TPSA) is 64.9 Å². The van der Waals surface area contributed by atoms with E-state index in [0.717, 1.165) is 22.5 Å². The standard InChI is InChI=1S/C13H11N3OS/c14-9-5-6-15-10(7-9)8-18-13-16-11-3-1-2-4-12(11)17-13/h1-7H,8H2,(H2,14,15). The van der Waals surface area contributed by atoms with Gasteiger partial charge in [-0.2, -0.15) is 0 Å². The number of anilines is 1. The van der Waals surface area contributed by atoms with Crippen molar-refractivity contribution in [3.63, 3.8) is 0 Å². The van der Waals surface area contributed by atoms with Crippen LogP contribution in [0.2, 0.25) is 0 Å². The molecule has 2 N–H and O–H groups in total. The summed E-state index contributed by atoms with van der Waals surface area (Å²) in [7, 11) is 0. The van der Waals surface area contributed by atoms with E-state index in [0.29, 0.717) is 11.0 Å². The van der Waals surface area contributed by atoms with E-state index in [1.54, 1.807) is 12.3 Å². The number of hydrogen-bond acceptors (Lipinski definition) is 5. The van der Waals surface area contributed by atoms with Gasteiger partial charge in [-0.3, -0.25) is 4.98 Å². The second-order valence-electron chi connectivity index (χ2n) is 3.82. The number of aromatic nitrogens is 2. The molecule has 0 fully saturated rings. The average molecular weight is 257 g/mol. The summed E-state index contributed by atoms with van der Waals surface area (Å²) in [6, 6.07) is 11.3. The van der Waals surface area contributed by atoms with E-state index >= 15 is 0 Å². The van der Waals surface area contributed by atoms with Crippen LogP contribution in [0.15, 0.2) is 52.2 Å². The van der Waals surface area contributed by atoms with Crippen molar-refractivity contribution in [1.29, 1.82) is 0 Å². The Morgan fingerprint density at radius 2 is 2.11 bits per heavy atom. The molecule has 18 heavy (non-hydrogen) atoms. The third-order valence-corrected chi connectivity index (χ3v) is 3.32. The van der Waals surface area contributed by atoms with Crippen molar-refractivity contribution in [2.24, 2.45) is 0 Å².